The Morgan fingerprint density at radius 1 is 1.22 bits per heavy atom. The molecule has 3 aliphatic heterocycles. The third-order valence-corrected chi connectivity index (χ3v) is 8.55. The summed E-state index contributed by atoms with van der Waals surface area (Å²) in [4.78, 5) is 2.71. The molecule has 0 aliphatic carbocycles. The zero-order chi connectivity index (χ0) is 19.1. The van der Waals surface area contributed by atoms with Crippen LogP contribution in [-0.4, -0.2) is 74.3 Å². The van der Waals surface area contributed by atoms with Crippen LogP contribution in [0.1, 0.15) is 31.2 Å². The first-order valence-corrected chi connectivity index (χ1v) is 11.4. The molecular formula is C20H30N2O4S. The van der Waals surface area contributed by atoms with Crippen LogP contribution in [0, 0.1) is 12.3 Å². The largest absolute Gasteiger partial charge is 0.392 e. The minimum absolute atomic E-state index is 0.112. The molecular weight excluding hydrogens is 364 g/mol. The topological polar surface area (TPSA) is 70.1 Å². The van der Waals surface area contributed by atoms with Crippen LogP contribution >= 0.6 is 0 Å². The standard InChI is InChI=1S/C20H30N2O4S/c1-16-4-2-3-5-19(16)27(24,25)22-10-7-20(8-11-22)12-18(26-15-20)14-21-9-6-17(23)13-21/h2-5,17-18,23H,6-15H2,1H3/t17-,18+/m0/s1. The number of aryl methyl sites for hydroxylation is 1. The van der Waals surface area contributed by atoms with Crippen molar-refractivity contribution < 1.29 is 18.3 Å². The van der Waals surface area contributed by atoms with Crippen LogP contribution in [0.5, 0.6) is 0 Å². The van der Waals surface area contributed by atoms with Gasteiger partial charge in [-0.1, -0.05) is 18.2 Å². The molecule has 1 N–H and O–H groups in total. The number of nitrogens with zero attached hydrogens (tertiary/aromatic N) is 2. The van der Waals surface area contributed by atoms with Gasteiger partial charge in [0.15, 0.2) is 0 Å². The second-order valence-corrected chi connectivity index (χ2v) is 10.4. The van der Waals surface area contributed by atoms with Crippen LogP contribution in [-0.2, 0) is 14.8 Å². The zero-order valence-corrected chi connectivity index (χ0v) is 16.8. The second kappa shape index (κ2) is 7.44. The predicted octanol–water partition coefficient (Wildman–Crippen LogP) is 1.62. The molecule has 27 heavy (non-hydrogen) atoms. The minimum atomic E-state index is -3.42. The lowest BCUT2D eigenvalue weighted by atomic mass is 9.77. The van der Waals surface area contributed by atoms with Gasteiger partial charge in [0.05, 0.1) is 23.7 Å². The normalized spacial score (nSPS) is 29.6. The molecule has 3 saturated heterocycles. The van der Waals surface area contributed by atoms with Crippen molar-refractivity contribution in [3.05, 3.63) is 29.8 Å². The van der Waals surface area contributed by atoms with Crippen molar-refractivity contribution in [3.63, 3.8) is 0 Å². The lowest BCUT2D eigenvalue weighted by molar-refractivity contribution is 0.0599. The van der Waals surface area contributed by atoms with Crippen LogP contribution in [0.2, 0.25) is 0 Å². The van der Waals surface area contributed by atoms with Crippen molar-refractivity contribution in [2.75, 3.05) is 39.3 Å². The molecule has 3 aliphatic rings. The first-order chi connectivity index (χ1) is 12.9. The maximum atomic E-state index is 13.0. The number of ether oxygens (including phenoxy) is 1. The SMILES string of the molecule is Cc1ccccc1S(=O)(=O)N1CCC2(CC1)CO[C@@H](CN1CC[C@H](O)C1)C2. The van der Waals surface area contributed by atoms with Gasteiger partial charge < -0.3 is 9.84 Å². The van der Waals surface area contributed by atoms with E-state index in [1.807, 2.05) is 19.1 Å². The van der Waals surface area contributed by atoms with E-state index in [1.165, 1.54) is 0 Å². The lowest BCUT2D eigenvalue weighted by Crippen LogP contribution is -2.43. The summed E-state index contributed by atoms with van der Waals surface area (Å²) in [5.41, 5.74) is 0.913. The summed E-state index contributed by atoms with van der Waals surface area (Å²) in [6.45, 7) is 6.27. The summed E-state index contributed by atoms with van der Waals surface area (Å²) in [5, 5.41) is 9.69. The van der Waals surface area contributed by atoms with Gasteiger partial charge in [-0.05, 0) is 49.7 Å². The Bertz CT molecular complexity index is 774. The number of likely N-dealkylation sites (tertiary alicyclic amines) is 1. The number of benzene rings is 1. The molecule has 2 atom stereocenters. The fourth-order valence-electron chi connectivity index (χ4n) is 4.81. The summed E-state index contributed by atoms with van der Waals surface area (Å²) in [5.74, 6) is 0. The first kappa shape index (κ1) is 19.3. The Kier molecular flexibility index (Phi) is 5.33. The van der Waals surface area contributed by atoms with Gasteiger partial charge in [-0.2, -0.15) is 4.31 Å². The number of hydrogen-bond donors (Lipinski definition) is 1. The van der Waals surface area contributed by atoms with Crippen molar-refractivity contribution in [1.29, 1.82) is 0 Å². The summed E-state index contributed by atoms with van der Waals surface area (Å²) in [6, 6.07) is 7.21. The first-order valence-electron chi connectivity index (χ1n) is 9.96. The van der Waals surface area contributed by atoms with Crippen molar-refractivity contribution in [3.8, 4) is 0 Å². The molecule has 0 aromatic heterocycles. The molecule has 0 bridgehead atoms. The smallest absolute Gasteiger partial charge is 0.243 e. The Labute approximate surface area is 162 Å². The highest BCUT2D eigenvalue weighted by Gasteiger charge is 2.45. The van der Waals surface area contributed by atoms with E-state index in [2.05, 4.69) is 4.90 Å². The van der Waals surface area contributed by atoms with Gasteiger partial charge in [0.25, 0.3) is 0 Å². The molecule has 0 amide bonds. The van der Waals surface area contributed by atoms with E-state index in [4.69, 9.17) is 4.74 Å². The van der Waals surface area contributed by atoms with Crippen molar-refractivity contribution in [1.82, 2.24) is 9.21 Å². The number of β-amino-alcohol motifs (C(OH)–C–C–N with tert-alkyl or cyclic N) is 1. The Hall–Kier alpha value is -0.990. The number of aliphatic hydroxyl groups excluding tert-OH is 1. The third kappa shape index (κ3) is 3.93. The van der Waals surface area contributed by atoms with Gasteiger partial charge in [-0.3, -0.25) is 4.90 Å². The molecule has 1 aromatic carbocycles. The average molecular weight is 395 g/mol. The summed E-state index contributed by atoms with van der Waals surface area (Å²) in [7, 11) is -3.42. The highest BCUT2D eigenvalue weighted by Crippen LogP contribution is 2.43. The summed E-state index contributed by atoms with van der Waals surface area (Å²) < 4.78 is 33.7. The van der Waals surface area contributed by atoms with Crippen LogP contribution in [0.15, 0.2) is 29.2 Å². The zero-order valence-electron chi connectivity index (χ0n) is 16.0. The lowest BCUT2D eigenvalue weighted by Gasteiger charge is -2.38. The molecule has 0 radical (unpaired) electrons. The molecule has 3 heterocycles. The Morgan fingerprint density at radius 3 is 2.63 bits per heavy atom. The molecule has 150 valence electrons. The van der Waals surface area contributed by atoms with Gasteiger partial charge in [-0.15, -0.1) is 0 Å². The van der Waals surface area contributed by atoms with Crippen LogP contribution in [0.3, 0.4) is 0 Å². The molecule has 3 fully saturated rings. The second-order valence-electron chi connectivity index (χ2n) is 8.51. The molecule has 0 unspecified atom stereocenters. The van der Waals surface area contributed by atoms with Gasteiger partial charge in [0, 0.05) is 32.7 Å². The van der Waals surface area contributed by atoms with Gasteiger partial charge in [0.1, 0.15) is 0 Å². The van der Waals surface area contributed by atoms with E-state index < -0.39 is 10.0 Å². The maximum absolute atomic E-state index is 13.0. The maximum Gasteiger partial charge on any atom is 0.243 e. The van der Waals surface area contributed by atoms with Crippen LogP contribution in [0.25, 0.3) is 0 Å². The number of aliphatic hydroxyl groups is 1. The molecule has 0 saturated carbocycles. The average Bonchev–Trinajstić information content (AvgIpc) is 3.22. The quantitative estimate of drug-likeness (QED) is 0.840. The number of sulfonamides is 1. The fraction of sp³-hybridized carbons (Fsp3) is 0.700. The van der Waals surface area contributed by atoms with E-state index in [0.29, 0.717) is 18.0 Å². The van der Waals surface area contributed by atoms with Gasteiger partial charge >= 0.3 is 0 Å². The van der Waals surface area contributed by atoms with Crippen molar-refractivity contribution in [2.45, 2.75) is 49.7 Å². The number of hydrogen-bond acceptors (Lipinski definition) is 5. The van der Waals surface area contributed by atoms with E-state index in [0.717, 1.165) is 57.5 Å². The molecule has 6 nitrogen and oxygen atoms in total. The Balaban J connectivity index is 1.36. The number of piperidine rings is 1. The van der Waals surface area contributed by atoms with Crippen LogP contribution in [0.4, 0.5) is 0 Å². The minimum Gasteiger partial charge on any atom is -0.392 e. The van der Waals surface area contributed by atoms with E-state index in [9.17, 15) is 13.5 Å². The van der Waals surface area contributed by atoms with E-state index >= 15 is 0 Å². The molecule has 1 spiro atoms. The van der Waals surface area contributed by atoms with Crippen LogP contribution < -0.4 is 0 Å². The van der Waals surface area contributed by atoms with E-state index in [-0.39, 0.29) is 17.6 Å². The fourth-order valence-corrected chi connectivity index (χ4v) is 6.48. The molecule has 1 aromatic rings. The van der Waals surface area contributed by atoms with Gasteiger partial charge in [0.2, 0.25) is 10.0 Å². The third-order valence-electron chi connectivity index (χ3n) is 6.49. The summed E-state index contributed by atoms with van der Waals surface area (Å²) in [6.07, 6.45) is 3.57. The van der Waals surface area contributed by atoms with Gasteiger partial charge in [-0.25, -0.2) is 8.42 Å². The Morgan fingerprint density at radius 2 is 1.96 bits per heavy atom. The highest BCUT2D eigenvalue weighted by atomic mass is 32.2. The van der Waals surface area contributed by atoms with Crippen molar-refractivity contribution >= 4 is 10.0 Å². The molecule has 4 rings (SSSR count). The monoisotopic (exact) mass is 394 g/mol. The predicted molar refractivity (Wildman–Crippen MR) is 103 cm³/mol. The van der Waals surface area contributed by atoms with Crippen molar-refractivity contribution in [2.24, 2.45) is 5.41 Å². The molecule has 7 heteroatoms. The number of rotatable bonds is 4. The highest BCUT2D eigenvalue weighted by molar-refractivity contribution is 7.89. The summed E-state index contributed by atoms with van der Waals surface area (Å²) >= 11 is 0. The van der Waals surface area contributed by atoms with E-state index in [1.54, 1.807) is 16.4 Å².